The van der Waals surface area contributed by atoms with Crippen molar-refractivity contribution in [3.63, 3.8) is 0 Å². The predicted octanol–water partition coefficient (Wildman–Crippen LogP) is 3.07. The van der Waals surface area contributed by atoms with Gasteiger partial charge in [0.25, 0.3) is 17.5 Å². The lowest BCUT2D eigenvalue weighted by Gasteiger charge is -2.26. The molecular formula is C20H17N3O6. The number of carbonyl (C=O) groups is 2. The smallest absolute Gasteiger partial charge is 0.291 e. The number of carbonyl (C=O) groups excluding carboxylic acids is 2. The van der Waals surface area contributed by atoms with Crippen molar-refractivity contribution in [1.29, 1.82) is 0 Å². The van der Waals surface area contributed by atoms with E-state index >= 15 is 0 Å². The van der Waals surface area contributed by atoms with Crippen LogP contribution in [0.4, 0.5) is 11.4 Å². The number of anilines is 1. The van der Waals surface area contributed by atoms with Gasteiger partial charge in [0.15, 0.2) is 0 Å². The molecule has 0 bridgehead atoms. The van der Waals surface area contributed by atoms with Crippen LogP contribution in [0, 0.1) is 10.1 Å². The predicted molar refractivity (Wildman–Crippen MR) is 104 cm³/mol. The van der Waals surface area contributed by atoms with E-state index in [4.69, 9.17) is 9.15 Å². The van der Waals surface area contributed by atoms with Crippen LogP contribution in [-0.4, -0.2) is 47.9 Å². The summed E-state index contributed by atoms with van der Waals surface area (Å²) in [5.74, 6) is -0.783. The van der Waals surface area contributed by atoms with Crippen LogP contribution in [0.3, 0.4) is 0 Å². The molecule has 29 heavy (non-hydrogen) atoms. The van der Waals surface area contributed by atoms with E-state index in [1.54, 1.807) is 29.2 Å². The number of morpholine rings is 1. The number of hydrogen-bond acceptors (Lipinski definition) is 6. The Bertz CT molecular complexity index is 1080. The van der Waals surface area contributed by atoms with Gasteiger partial charge < -0.3 is 19.4 Å². The first-order chi connectivity index (χ1) is 14.0. The van der Waals surface area contributed by atoms with Crippen LogP contribution in [-0.2, 0) is 4.74 Å². The number of hydrogen-bond donors (Lipinski definition) is 1. The second kappa shape index (κ2) is 7.72. The maximum absolute atomic E-state index is 13.0. The molecule has 1 N–H and O–H groups in total. The van der Waals surface area contributed by atoms with E-state index in [0.29, 0.717) is 37.3 Å². The molecule has 4 rings (SSSR count). The lowest BCUT2D eigenvalue weighted by molar-refractivity contribution is -0.384. The molecule has 1 fully saturated rings. The first-order valence-corrected chi connectivity index (χ1v) is 8.99. The third-order valence-corrected chi connectivity index (χ3v) is 4.67. The summed E-state index contributed by atoms with van der Waals surface area (Å²) in [4.78, 5) is 37.6. The Kier molecular flexibility index (Phi) is 4.96. The molecule has 2 aromatic carbocycles. The molecule has 1 saturated heterocycles. The third kappa shape index (κ3) is 3.67. The van der Waals surface area contributed by atoms with Crippen LogP contribution in [0.25, 0.3) is 11.0 Å². The fraction of sp³-hybridized carbons (Fsp3) is 0.200. The van der Waals surface area contributed by atoms with Crippen molar-refractivity contribution in [2.24, 2.45) is 0 Å². The monoisotopic (exact) mass is 395 g/mol. The number of benzene rings is 2. The summed E-state index contributed by atoms with van der Waals surface area (Å²) in [7, 11) is 0. The summed E-state index contributed by atoms with van der Waals surface area (Å²) >= 11 is 0. The van der Waals surface area contributed by atoms with Gasteiger partial charge in [-0.15, -0.1) is 0 Å². The molecule has 1 aliphatic rings. The Morgan fingerprint density at radius 3 is 2.41 bits per heavy atom. The molecule has 0 unspecified atom stereocenters. The molecule has 1 aliphatic heterocycles. The minimum Gasteiger partial charge on any atom is -0.449 e. The Hall–Kier alpha value is -3.72. The fourth-order valence-electron chi connectivity index (χ4n) is 3.15. The molecule has 2 amide bonds. The number of nitro groups is 1. The van der Waals surface area contributed by atoms with Gasteiger partial charge in [0.2, 0.25) is 5.76 Å². The molecule has 0 spiro atoms. The van der Waals surface area contributed by atoms with E-state index in [1.807, 2.05) is 0 Å². The van der Waals surface area contributed by atoms with Gasteiger partial charge in [-0.25, -0.2) is 0 Å². The number of furan rings is 1. The number of non-ortho nitro benzene ring substituents is 1. The minimum absolute atomic E-state index is 0.0448. The average Bonchev–Trinajstić information content (AvgIpc) is 3.12. The first-order valence-electron chi connectivity index (χ1n) is 8.99. The van der Waals surface area contributed by atoms with Crippen LogP contribution < -0.4 is 5.32 Å². The second-order valence-corrected chi connectivity index (χ2v) is 6.47. The summed E-state index contributed by atoms with van der Waals surface area (Å²) < 4.78 is 11.0. The Morgan fingerprint density at radius 2 is 1.72 bits per heavy atom. The second-order valence-electron chi connectivity index (χ2n) is 6.47. The van der Waals surface area contributed by atoms with Crippen LogP contribution in [0.1, 0.15) is 20.9 Å². The summed E-state index contributed by atoms with van der Waals surface area (Å²) in [6, 6.07) is 12.2. The van der Waals surface area contributed by atoms with Crippen molar-refractivity contribution in [2.75, 3.05) is 31.6 Å². The quantitative estimate of drug-likeness (QED) is 0.536. The maximum Gasteiger partial charge on any atom is 0.291 e. The zero-order chi connectivity index (χ0) is 20.4. The summed E-state index contributed by atoms with van der Waals surface area (Å²) in [6.45, 7) is 1.75. The summed E-state index contributed by atoms with van der Waals surface area (Å²) in [5.41, 5.74) is 0.868. The van der Waals surface area contributed by atoms with Crippen LogP contribution in [0.15, 0.2) is 52.9 Å². The van der Waals surface area contributed by atoms with Gasteiger partial charge in [-0.3, -0.25) is 19.7 Å². The van der Waals surface area contributed by atoms with Gasteiger partial charge >= 0.3 is 0 Å². The van der Waals surface area contributed by atoms with Gasteiger partial charge in [-0.1, -0.05) is 12.1 Å². The molecule has 0 atom stereocenters. The highest BCUT2D eigenvalue weighted by Gasteiger charge is 2.27. The van der Waals surface area contributed by atoms with Crippen molar-refractivity contribution >= 4 is 34.2 Å². The fourth-order valence-corrected chi connectivity index (χ4v) is 3.15. The molecule has 0 saturated carbocycles. The van der Waals surface area contributed by atoms with Gasteiger partial charge in [0, 0.05) is 36.2 Å². The van der Waals surface area contributed by atoms with Crippen molar-refractivity contribution in [3.8, 4) is 0 Å². The molecule has 1 aromatic heterocycles. The Balaban J connectivity index is 1.67. The zero-order valence-corrected chi connectivity index (χ0v) is 15.3. The molecule has 0 aliphatic carbocycles. The van der Waals surface area contributed by atoms with E-state index in [-0.39, 0.29) is 28.6 Å². The number of fused-ring (bicyclic) bond motifs is 1. The highest BCUT2D eigenvalue weighted by Crippen LogP contribution is 2.32. The van der Waals surface area contributed by atoms with Gasteiger partial charge in [-0.2, -0.15) is 0 Å². The van der Waals surface area contributed by atoms with Crippen molar-refractivity contribution in [1.82, 2.24) is 4.90 Å². The van der Waals surface area contributed by atoms with Crippen LogP contribution in [0.5, 0.6) is 0 Å². The molecular weight excluding hydrogens is 378 g/mol. The van der Waals surface area contributed by atoms with Crippen molar-refractivity contribution in [2.45, 2.75) is 0 Å². The summed E-state index contributed by atoms with van der Waals surface area (Å²) in [6.07, 6.45) is 0. The highest BCUT2D eigenvalue weighted by atomic mass is 16.6. The molecule has 148 valence electrons. The van der Waals surface area contributed by atoms with Gasteiger partial charge in [0.05, 0.1) is 18.1 Å². The maximum atomic E-state index is 13.0. The van der Waals surface area contributed by atoms with Gasteiger partial charge in [-0.05, 0) is 24.3 Å². The largest absolute Gasteiger partial charge is 0.449 e. The Morgan fingerprint density at radius 1 is 1.03 bits per heavy atom. The number of rotatable bonds is 4. The van der Waals surface area contributed by atoms with Crippen LogP contribution >= 0.6 is 0 Å². The standard InChI is InChI=1S/C20H17N3O6/c24-19(13-5-7-14(8-6-13)23(26)27)21-17-15-3-1-2-4-16(15)29-18(17)20(25)22-9-11-28-12-10-22/h1-8H,9-12H2,(H,21,24). The van der Waals surface area contributed by atoms with E-state index in [2.05, 4.69) is 5.32 Å². The molecule has 2 heterocycles. The first kappa shape index (κ1) is 18.6. The number of nitro benzene ring substituents is 1. The zero-order valence-electron chi connectivity index (χ0n) is 15.3. The van der Waals surface area contributed by atoms with E-state index in [1.165, 1.54) is 24.3 Å². The molecule has 3 aromatic rings. The molecule has 9 nitrogen and oxygen atoms in total. The minimum atomic E-state index is -0.537. The summed E-state index contributed by atoms with van der Waals surface area (Å²) in [5, 5.41) is 14.1. The third-order valence-electron chi connectivity index (χ3n) is 4.67. The Labute approximate surface area is 165 Å². The molecule has 9 heteroatoms. The van der Waals surface area contributed by atoms with Crippen LogP contribution in [0.2, 0.25) is 0 Å². The topological polar surface area (TPSA) is 115 Å². The normalized spacial score (nSPS) is 14.0. The van der Waals surface area contributed by atoms with E-state index in [0.717, 1.165) is 0 Å². The number of ether oxygens (including phenoxy) is 1. The number of para-hydroxylation sites is 1. The van der Waals surface area contributed by atoms with E-state index in [9.17, 15) is 19.7 Å². The number of nitrogens with one attached hydrogen (secondary N) is 1. The lowest BCUT2D eigenvalue weighted by atomic mass is 10.1. The van der Waals surface area contributed by atoms with Crippen molar-refractivity contribution < 1.29 is 23.7 Å². The van der Waals surface area contributed by atoms with Crippen molar-refractivity contribution in [3.05, 3.63) is 70.0 Å². The lowest BCUT2D eigenvalue weighted by Crippen LogP contribution is -2.40. The average molecular weight is 395 g/mol. The highest BCUT2D eigenvalue weighted by molar-refractivity contribution is 6.14. The SMILES string of the molecule is O=C(Nc1c(C(=O)N2CCOCC2)oc2ccccc12)c1ccc([N+](=O)[O-])cc1. The number of amides is 2. The van der Waals surface area contributed by atoms with Gasteiger partial charge in [0.1, 0.15) is 11.3 Å². The van der Waals surface area contributed by atoms with E-state index < -0.39 is 10.8 Å². The molecule has 0 radical (unpaired) electrons. The number of nitrogens with zero attached hydrogens (tertiary/aromatic N) is 2.